The molecule has 0 aromatic rings. The molecule has 3 N–H and O–H groups in total. The van der Waals surface area contributed by atoms with Crippen LogP contribution in [0.25, 0.3) is 0 Å². The molecule has 0 saturated carbocycles. The molecule has 0 aromatic heterocycles. The summed E-state index contributed by atoms with van der Waals surface area (Å²) in [4.78, 5) is 24.1. The standard InChI is InChI=1S/C11H18N2O4/c14-6-1-8-7-11(9(15)12-8)2-4-13(5-3-11)10(16)17/h8,14H,1-7H2,(H,12,15)(H,16,17)/t8-/m1/s1. The number of nitrogens with zero attached hydrogens (tertiary/aromatic N) is 1. The molecule has 1 spiro atoms. The number of amides is 2. The minimum atomic E-state index is -0.912. The van der Waals surface area contributed by atoms with Crippen LogP contribution in [-0.2, 0) is 4.79 Å². The van der Waals surface area contributed by atoms with Gasteiger partial charge in [0.05, 0.1) is 5.41 Å². The fraction of sp³-hybridized carbons (Fsp3) is 0.818. The molecule has 2 heterocycles. The van der Waals surface area contributed by atoms with E-state index in [0.29, 0.717) is 32.4 Å². The summed E-state index contributed by atoms with van der Waals surface area (Å²) in [5, 5.41) is 20.6. The third-order valence-electron chi connectivity index (χ3n) is 3.92. The minimum Gasteiger partial charge on any atom is -0.465 e. The van der Waals surface area contributed by atoms with Gasteiger partial charge in [0.15, 0.2) is 0 Å². The number of rotatable bonds is 2. The number of hydrogen-bond donors (Lipinski definition) is 3. The van der Waals surface area contributed by atoms with Crippen molar-refractivity contribution in [2.75, 3.05) is 19.7 Å². The zero-order valence-corrected chi connectivity index (χ0v) is 9.69. The molecule has 2 fully saturated rings. The Balaban J connectivity index is 1.98. The summed E-state index contributed by atoms with van der Waals surface area (Å²) in [5.41, 5.74) is -0.397. The fourth-order valence-corrected chi connectivity index (χ4v) is 2.84. The topological polar surface area (TPSA) is 89.9 Å². The van der Waals surface area contributed by atoms with Crippen LogP contribution in [0.4, 0.5) is 4.79 Å². The average molecular weight is 242 g/mol. The normalized spacial score (nSPS) is 27.2. The zero-order chi connectivity index (χ0) is 12.5. The molecule has 1 atom stereocenters. The van der Waals surface area contributed by atoms with Gasteiger partial charge < -0.3 is 20.4 Å². The van der Waals surface area contributed by atoms with Crippen molar-refractivity contribution in [1.29, 1.82) is 0 Å². The van der Waals surface area contributed by atoms with Crippen molar-refractivity contribution in [3.8, 4) is 0 Å². The Morgan fingerprint density at radius 1 is 1.47 bits per heavy atom. The first kappa shape index (κ1) is 12.2. The second kappa shape index (κ2) is 4.52. The molecule has 2 rings (SSSR count). The van der Waals surface area contributed by atoms with E-state index in [9.17, 15) is 9.59 Å². The van der Waals surface area contributed by atoms with Gasteiger partial charge in [-0.25, -0.2) is 4.79 Å². The molecule has 0 bridgehead atoms. The molecule has 0 aromatic carbocycles. The highest BCUT2D eigenvalue weighted by Gasteiger charge is 2.48. The number of likely N-dealkylation sites (tertiary alicyclic amines) is 1. The van der Waals surface area contributed by atoms with Crippen LogP contribution in [0.1, 0.15) is 25.7 Å². The summed E-state index contributed by atoms with van der Waals surface area (Å²) in [5.74, 6) is 0.0287. The van der Waals surface area contributed by atoms with Crippen molar-refractivity contribution < 1.29 is 19.8 Å². The number of carboxylic acid groups (broad SMARTS) is 1. The Kier molecular flexibility index (Phi) is 3.24. The Morgan fingerprint density at radius 2 is 2.12 bits per heavy atom. The monoisotopic (exact) mass is 242 g/mol. The first-order chi connectivity index (χ1) is 8.07. The van der Waals surface area contributed by atoms with Crippen molar-refractivity contribution in [3.63, 3.8) is 0 Å². The number of aliphatic hydroxyl groups is 1. The van der Waals surface area contributed by atoms with E-state index in [1.165, 1.54) is 4.90 Å². The van der Waals surface area contributed by atoms with Gasteiger partial charge in [0.1, 0.15) is 0 Å². The summed E-state index contributed by atoms with van der Waals surface area (Å²) < 4.78 is 0. The van der Waals surface area contributed by atoms with E-state index in [4.69, 9.17) is 10.2 Å². The van der Waals surface area contributed by atoms with Crippen molar-refractivity contribution in [2.24, 2.45) is 5.41 Å². The Bertz CT molecular complexity index is 323. The average Bonchev–Trinajstić information content (AvgIpc) is 2.57. The van der Waals surface area contributed by atoms with E-state index < -0.39 is 11.5 Å². The van der Waals surface area contributed by atoms with Gasteiger partial charge in [-0.1, -0.05) is 0 Å². The molecule has 96 valence electrons. The second-order valence-electron chi connectivity index (χ2n) is 4.94. The minimum absolute atomic E-state index is 0.0287. The molecule has 0 aliphatic carbocycles. The van der Waals surface area contributed by atoms with E-state index in [2.05, 4.69) is 5.32 Å². The van der Waals surface area contributed by atoms with E-state index in [1.807, 2.05) is 0 Å². The first-order valence-electron chi connectivity index (χ1n) is 5.97. The SMILES string of the molecule is O=C(O)N1CCC2(CC1)C[C@@H](CCO)NC2=O. The molecule has 2 saturated heterocycles. The predicted octanol–water partition coefficient (Wildman–Crippen LogP) is 0.0175. The maximum atomic E-state index is 12.0. The van der Waals surface area contributed by atoms with Crippen LogP contribution in [-0.4, -0.2) is 52.9 Å². The molecule has 17 heavy (non-hydrogen) atoms. The van der Waals surface area contributed by atoms with Crippen molar-refractivity contribution in [1.82, 2.24) is 10.2 Å². The summed E-state index contributed by atoms with van der Waals surface area (Å²) in [6, 6.07) is 0.0453. The zero-order valence-electron chi connectivity index (χ0n) is 9.69. The van der Waals surface area contributed by atoms with Gasteiger partial charge in [0, 0.05) is 25.7 Å². The van der Waals surface area contributed by atoms with E-state index >= 15 is 0 Å². The van der Waals surface area contributed by atoms with Gasteiger partial charge in [-0.05, 0) is 25.7 Å². The third kappa shape index (κ3) is 2.22. The van der Waals surface area contributed by atoms with Gasteiger partial charge in [0.2, 0.25) is 5.91 Å². The molecule has 0 radical (unpaired) electrons. The molecule has 2 aliphatic heterocycles. The molecular weight excluding hydrogens is 224 g/mol. The van der Waals surface area contributed by atoms with Gasteiger partial charge in [-0.15, -0.1) is 0 Å². The van der Waals surface area contributed by atoms with Gasteiger partial charge >= 0.3 is 6.09 Å². The van der Waals surface area contributed by atoms with Gasteiger partial charge in [-0.2, -0.15) is 0 Å². The lowest BCUT2D eigenvalue weighted by atomic mass is 9.76. The van der Waals surface area contributed by atoms with E-state index in [-0.39, 0.29) is 18.6 Å². The molecule has 2 amide bonds. The molecule has 6 nitrogen and oxygen atoms in total. The first-order valence-corrected chi connectivity index (χ1v) is 5.97. The highest BCUT2D eigenvalue weighted by Crippen LogP contribution is 2.40. The predicted molar refractivity (Wildman–Crippen MR) is 59.5 cm³/mol. The van der Waals surface area contributed by atoms with Crippen LogP contribution in [0.15, 0.2) is 0 Å². The number of carbonyl (C=O) groups is 2. The Labute approximate surface area is 99.6 Å². The largest absolute Gasteiger partial charge is 0.465 e. The van der Waals surface area contributed by atoms with E-state index in [0.717, 1.165) is 6.42 Å². The van der Waals surface area contributed by atoms with Gasteiger partial charge in [-0.3, -0.25) is 4.79 Å². The Morgan fingerprint density at radius 3 is 2.65 bits per heavy atom. The third-order valence-corrected chi connectivity index (χ3v) is 3.92. The lowest BCUT2D eigenvalue weighted by molar-refractivity contribution is -0.129. The summed E-state index contributed by atoms with van der Waals surface area (Å²) in [6.45, 7) is 0.922. The molecular formula is C11H18N2O4. The second-order valence-corrected chi connectivity index (χ2v) is 4.94. The van der Waals surface area contributed by atoms with Crippen LogP contribution < -0.4 is 5.32 Å². The van der Waals surface area contributed by atoms with Crippen LogP contribution in [0, 0.1) is 5.41 Å². The van der Waals surface area contributed by atoms with Gasteiger partial charge in [0.25, 0.3) is 0 Å². The quantitative estimate of drug-likeness (QED) is 0.636. The number of piperidine rings is 1. The van der Waals surface area contributed by atoms with E-state index in [1.54, 1.807) is 0 Å². The van der Waals surface area contributed by atoms with Crippen LogP contribution in [0.5, 0.6) is 0 Å². The fourth-order valence-electron chi connectivity index (χ4n) is 2.84. The van der Waals surface area contributed by atoms with Crippen molar-refractivity contribution in [2.45, 2.75) is 31.7 Å². The lowest BCUT2D eigenvalue weighted by Gasteiger charge is -2.36. The van der Waals surface area contributed by atoms with Crippen molar-refractivity contribution in [3.05, 3.63) is 0 Å². The smallest absolute Gasteiger partial charge is 0.407 e. The molecule has 2 aliphatic rings. The summed E-state index contributed by atoms with van der Waals surface area (Å²) in [6.07, 6.45) is 1.57. The number of hydrogen-bond acceptors (Lipinski definition) is 3. The van der Waals surface area contributed by atoms with Crippen LogP contribution >= 0.6 is 0 Å². The number of nitrogens with one attached hydrogen (secondary N) is 1. The highest BCUT2D eigenvalue weighted by atomic mass is 16.4. The van der Waals surface area contributed by atoms with Crippen molar-refractivity contribution >= 4 is 12.0 Å². The number of carbonyl (C=O) groups excluding carboxylic acids is 1. The lowest BCUT2D eigenvalue weighted by Crippen LogP contribution is -2.45. The maximum Gasteiger partial charge on any atom is 0.407 e. The highest BCUT2D eigenvalue weighted by molar-refractivity contribution is 5.85. The molecule has 6 heteroatoms. The summed E-state index contributed by atoms with van der Waals surface area (Å²) in [7, 11) is 0. The summed E-state index contributed by atoms with van der Waals surface area (Å²) >= 11 is 0. The molecule has 0 unspecified atom stereocenters. The van der Waals surface area contributed by atoms with Crippen LogP contribution in [0.3, 0.4) is 0 Å². The number of aliphatic hydroxyl groups excluding tert-OH is 1. The Hall–Kier alpha value is -1.30. The van der Waals surface area contributed by atoms with Crippen LogP contribution in [0.2, 0.25) is 0 Å². The maximum absolute atomic E-state index is 12.0.